The third-order valence-corrected chi connectivity index (χ3v) is 3.19. The second kappa shape index (κ2) is 5.76. The van der Waals surface area contributed by atoms with Gasteiger partial charge in [0.15, 0.2) is 11.5 Å². The van der Waals surface area contributed by atoms with Gasteiger partial charge in [-0.1, -0.05) is 12.1 Å². The Kier molecular flexibility index (Phi) is 3.63. The van der Waals surface area contributed by atoms with E-state index in [0.717, 1.165) is 0 Å². The maximum Gasteiger partial charge on any atom is 0.335 e. The average Bonchev–Trinajstić information content (AvgIpc) is 2.96. The van der Waals surface area contributed by atoms with Gasteiger partial charge in [0.1, 0.15) is 0 Å². The smallest absolute Gasteiger partial charge is 0.335 e. The lowest BCUT2D eigenvalue weighted by molar-refractivity contribution is 0.0697. The number of benzene rings is 1. The molecule has 0 saturated carbocycles. The van der Waals surface area contributed by atoms with Crippen molar-refractivity contribution < 1.29 is 14.7 Å². The van der Waals surface area contributed by atoms with Crippen molar-refractivity contribution in [1.29, 1.82) is 0 Å². The van der Waals surface area contributed by atoms with E-state index in [2.05, 4.69) is 20.7 Å². The standard InChI is InChI=1S/C15H13N5O3/c1-16-15(23)18-12-8-20-13(17-12)6-5-11(19-20)9-3-2-4-10(7-9)14(21)22/h2-8H,1H3,(H,21,22)(H2,16,18,23). The number of anilines is 1. The number of amides is 2. The SMILES string of the molecule is CNC(=O)Nc1cn2nc(-c3cccc(C(=O)O)c3)ccc2n1. The van der Waals surface area contributed by atoms with Gasteiger partial charge >= 0.3 is 12.0 Å². The minimum absolute atomic E-state index is 0.192. The van der Waals surface area contributed by atoms with E-state index in [4.69, 9.17) is 5.11 Å². The molecule has 0 atom stereocenters. The fraction of sp³-hybridized carbons (Fsp3) is 0.0667. The van der Waals surface area contributed by atoms with Crippen LogP contribution in [0.2, 0.25) is 0 Å². The third-order valence-electron chi connectivity index (χ3n) is 3.19. The van der Waals surface area contributed by atoms with Crippen LogP contribution in [0.15, 0.2) is 42.6 Å². The highest BCUT2D eigenvalue weighted by atomic mass is 16.4. The van der Waals surface area contributed by atoms with Gasteiger partial charge in [0.25, 0.3) is 0 Å². The number of carbonyl (C=O) groups excluding carboxylic acids is 1. The first-order valence-electron chi connectivity index (χ1n) is 6.76. The van der Waals surface area contributed by atoms with E-state index >= 15 is 0 Å². The van der Waals surface area contributed by atoms with Crippen LogP contribution in [-0.2, 0) is 0 Å². The van der Waals surface area contributed by atoms with Gasteiger partial charge in [-0.05, 0) is 24.3 Å². The van der Waals surface area contributed by atoms with Gasteiger partial charge in [-0.2, -0.15) is 5.10 Å². The number of aromatic carboxylic acids is 1. The summed E-state index contributed by atoms with van der Waals surface area (Å²) in [5.74, 6) is -0.624. The highest BCUT2D eigenvalue weighted by Gasteiger charge is 2.09. The molecule has 0 bridgehead atoms. The fourth-order valence-corrected chi connectivity index (χ4v) is 2.09. The van der Waals surface area contributed by atoms with Gasteiger partial charge in [-0.25, -0.2) is 19.1 Å². The molecule has 3 aromatic rings. The number of hydrogen-bond acceptors (Lipinski definition) is 4. The Bertz CT molecular complexity index is 903. The van der Waals surface area contributed by atoms with Gasteiger partial charge in [0, 0.05) is 12.6 Å². The molecule has 0 aliphatic rings. The first kappa shape index (κ1) is 14.5. The number of carboxylic acids is 1. The Morgan fingerprint density at radius 3 is 2.78 bits per heavy atom. The monoisotopic (exact) mass is 311 g/mol. The summed E-state index contributed by atoms with van der Waals surface area (Å²) in [6.07, 6.45) is 1.58. The topological polar surface area (TPSA) is 109 Å². The van der Waals surface area contributed by atoms with Crippen molar-refractivity contribution in [3.8, 4) is 11.3 Å². The van der Waals surface area contributed by atoms with Gasteiger partial charge in [0.2, 0.25) is 0 Å². The molecule has 0 aliphatic carbocycles. The van der Waals surface area contributed by atoms with Crippen LogP contribution in [0.5, 0.6) is 0 Å². The molecule has 0 aliphatic heterocycles. The molecule has 1 aromatic carbocycles. The summed E-state index contributed by atoms with van der Waals surface area (Å²) in [4.78, 5) is 26.6. The first-order valence-corrected chi connectivity index (χ1v) is 6.76. The molecule has 2 heterocycles. The Morgan fingerprint density at radius 2 is 2.04 bits per heavy atom. The molecule has 3 rings (SSSR count). The first-order chi connectivity index (χ1) is 11.1. The zero-order valence-electron chi connectivity index (χ0n) is 12.1. The van der Waals surface area contributed by atoms with Crippen molar-refractivity contribution in [2.24, 2.45) is 0 Å². The summed E-state index contributed by atoms with van der Waals surface area (Å²) in [5.41, 5.74) is 2.04. The molecule has 0 saturated heterocycles. The molecule has 0 fully saturated rings. The lowest BCUT2D eigenvalue weighted by Gasteiger charge is -2.02. The summed E-state index contributed by atoms with van der Waals surface area (Å²) >= 11 is 0. The zero-order chi connectivity index (χ0) is 16.4. The van der Waals surface area contributed by atoms with Crippen molar-refractivity contribution >= 4 is 23.5 Å². The van der Waals surface area contributed by atoms with Crippen LogP contribution in [0, 0.1) is 0 Å². The molecule has 2 aromatic heterocycles. The lowest BCUT2D eigenvalue weighted by Crippen LogP contribution is -2.24. The summed E-state index contributed by atoms with van der Waals surface area (Å²) in [6.45, 7) is 0. The molecule has 0 radical (unpaired) electrons. The Labute approximate surface area is 130 Å². The van der Waals surface area contributed by atoms with Crippen LogP contribution in [0.4, 0.5) is 10.6 Å². The number of hydrogen-bond donors (Lipinski definition) is 3. The van der Waals surface area contributed by atoms with Crippen LogP contribution >= 0.6 is 0 Å². The maximum absolute atomic E-state index is 11.3. The normalized spacial score (nSPS) is 10.5. The second-order valence-corrected chi connectivity index (χ2v) is 4.74. The number of carboxylic acid groups (broad SMARTS) is 1. The molecule has 0 unspecified atom stereocenters. The molecular weight excluding hydrogens is 298 g/mol. The molecule has 3 N–H and O–H groups in total. The number of imidazole rings is 1. The average molecular weight is 311 g/mol. The summed E-state index contributed by atoms with van der Waals surface area (Å²) in [6, 6.07) is 9.63. The van der Waals surface area contributed by atoms with E-state index in [0.29, 0.717) is 22.7 Å². The quantitative estimate of drug-likeness (QED) is 0.684. The van der Waals surface area contributed by atoms with Crippen LogP contribution in [0.25, 0.3) is 16.9 Å². The predicted octanol–water partition coefficient (Wildman–Crippen LogP) is 1.85. The lowest BCUT2D eigenvalue weighted by atomic mass is 10.1. The molecule has 8 nitrogen and oxygen atoms in total. The molecule has 116 valence electrons. The number of aromatic nitrogens is 3. The molecule has 23 heavy (non-hydrogen) atoms. The highest BCUT2D eigenvalue weighted by molar-refractivity contribution is 5.89. The molecule has 2 amide bonds. The number of fused-ring (bicyclic) bond motifs is 1. The Morgan fingerprint density at radius 1 is 1.22 bits per heavy atom. The minimum atomic E-state index is -0.993. The van der Waals surface area contributed by atoms with Crippen LogP contribution in [0.3, 0.4) is 0 Å². The number of nitrogens with one attached hydrogen (secondary N) is 2. The number of urea groups is 1. The molecular formula is C15H13N5O3. The fourth-order valence-electron chi connectivity index (χ4n) is 2.09. The van der Waals surface area contributed by atoms with Crippen molar-refractivity contribution in [3.05, 3.63) is 48.2 Å². The van der Waals surface area contributed by atoms with Crippen molar-refractivity contribution in [1.82, 2.24) is 19.9 Å². The van der Waals surface area contributed by atoms with Crippen molar-refractivity contribution in [2.75, 3.05) is 12.4 Å². The highest BCUT2D eigenvalue weighted by Crippen LogP contribution is 2.19. The Hall–Kier alpha value is -3.42. The van der Waals surface area contributed by atoms with Gasteiger partial charge in [-0.15, -0.1) is 0 Å². The zero-order valence-corrected chi connectivity index (χ0v) is 12.1. The van der Waals surface area contributed by atoms with E-state index < -0.39 is 5.97 Å². The summed E-state index contributed by atoms with van der Waals surface area (Å²) in [5, 5.41) is 18.4. The van der Waals surface area contributed by atoms with Gasteiger partial charge in [-0.3, -0.25) is 5.32 Å². The summed E-state index contributed by atoms with van der Waals surface area (Å²) < 4.78 is 1.52. The summed E-state index contributed by atoms with van der Waals surface area (Å²) in [7, 11) is 1.51. The van der Waals surface area contributed by atoms with Crippen LogP contribution < -0.4 is 10.6 Å². The van der Waals surface area contributed by atoms with Gasteiger partial charge in [0.05, 0.1) is 17.5 Å². The van der Waals surface area contributed by atoms with Gasteiger partial charge < -0.3 is 10.4 Å². The van der Waals surface area contributed by atoms with Crippen molar-refractivity contribution in [2.45, 2.75) is 0 Å². The third kappa shape index (κ3) is 2.95. The van der Waals surface area contributed by atoms with Crippen LogP contribution in [0.1, 0.15) is 10.4 Å². The Balaban J connectivity index is 1.98. The number of carbonyl (C=O) groups is 2. The van der Waals surface area contributed by atoms with E-state index in [1.54, 1.807) is 36.5 Å². The van der Waals surface area contributed by atoms with E-state index in [-0.39, 0.29) is 11.6 Å². The van der Waals surface area contributed by atoms with E-state index in [1.807, 2.05) is 0 Å². The maximum atomic E-state index is 11.3. The second-order valence-electron chi connectivity index (χ2n) is 4.74. The van der Waals surface area contributed by atoms with E-state index in [9.17, 15) is 9.59 Å². The minimum Gasteiger partial charge on any atom is -0.478 e. The number of rotatable bonds is 3. The van der Waals surface area contributed by atoms with Crippen molar-refractivity contribution in [3.63, 3.8) is 0 Å². The molecule has 8 heteroatoms. The molecule has 0 spiro atoms. The predicted molar refractivity (Wildman–Crippen MR) is 83.5 cm³/mol. The largest absolute Gasteiger partial charge is 0.478 e. The van der Waals surface area contributed by atoms with E-state index in [1.165, 1.54) is 17.6 Å². The van der Waals surface area contributed by atoms with Crippen LogP contribution in [-0.4, -0.2) is 38.8 Å². The number of nitrogens with zero attached hydrogens (tertiary/aromatic N) is 3.